The van der Waals surface area contributed by atoms with Gasteiger partial charge in [0.15, 0.2) is 5.76 Å². The Balaban J connectivity index is 1.70. The first kappa shape index (κ1) is 14.6. The summed E-state index contributed by atoms with van der Waals surface area (Å²) in [5.74, 6) is 2.20. The highest BCUT2D eigenvalue weighted by molar-refractivity contribution is 5.83. The molecule has 0 saturated carbocycles. The monoisotopic (exact) mass is 302 g/mol. The second-order valence-electron chi connectivity index (χ2n) is 4.96. The molecule has 0 fully saturated rings. The summed E-state index contributed by atoms with van der Waals surface area (Å²) in [6.07, 6.45) is 0. The van der Waals surface area contributed by atoms with Gasteiger partial charge < -0.3 is 24.1 Å². The maximum atomic E-state index is 8.67. The van der Waals surface area contributed by atoms with Gasteiger partial charge in [-0.15, -0.1) is 0 Å². The molecule has 0 unspecified atom stereocenters. The fourth-order valence-corrected chi connectivity index (χ4v) is 2.17. The van der Waals surface area contributed by atoms with Crippen LogP contribution >= 0.6 is 0 Å². The molecule has 0 atom stereocenters. The van der Waals surface area contributed by atoms with Crippen molar-refractivity contribution in [3.05, 3.63) is 36.1 Å². The van der Waals surface area contributed by atoms with Crippen LogP contribution in [0, 0.1) is 6.92 Å². The quantitative estimate of drug-likeness (QED) is 0.652. The molecule has 116 valence electrons. The lowest BCUT2D eigenvalue weighted by Crippen LogP contribution is -2.23. The van der Waals surface area contributed by atoms with Crippen LogP contribution in [0.3, 0.4) is 0 Å². The van der Waals surface area contributed by atoms with E-state index < -0.39 is 0 Å². The molecule has 0 aliphatic heterocycles. The van der Waals surface area contributed by atoms with Gasteiger partial charge in [0.2, 0.25) is 0 Å². The van der Waals surface area contributed by atoms with E-state index >= 15 is 0 Å². The predicted molar refractivity (Wildman–Crippen MR) is 81.9 cm³/mol. The third-order valence-electron chi connectivity index (χ3n) is 3.20. The third kappa shape index (κ3) is 3.29. The third-order valence-corrected chi connectivity index (χ3v) is 3.20. The average molecular weight is 302 g/mol. The van der Waals surface area contributed by atoms with Crippen molar-refractivity contribution < 1.29 is 18.8 Å². The second-order valence-corrected chi connectivity index (χ2v) is 4.96. The van der Waals surface area contributed by atoms with E-state index in [2.05, 4.69) is 10.5 Å². The maximum Gasteiger partial charge on any atom is 0.157 e. The van der Waals surface area contributed by atoms with Gasteiger partial charge in [0.1, 0.15) is 29.4 Å². The van der Waals surface area contributed by atoms with Crippen LogP contribution < -0.4 is 10.1 Å². The summed E-state index contributed by atoms with van der Waals surface area (Å²) in [6.45, 7) is 3.78. The van der Waals surface area contributed by atoms with Gasteiger partial charge in [-0.1, -0.05) is 5.16 Å². The molecule has 3 aromatic rings. The van der Waals surface area contributed by atoms with Crippen LogP contribution in [0.15, 0.2) is 39.3 Å². The predicted octanol–water partition coefficient (Wildman–Crippen LogP) is 2.36. The molecular formula is C16H18N2O4. The molecular weight excluding hydrogens is 284 g/mol. The van der Waals surface area contributed by atoms with Gasteiger partial charge in [0.25, 0.3) is 0 Å². The molecule has 0 saturated heterocycles. The van der Waals surface area contributed by atoms with Crippen LogP contribution in [-0.2, 0) is 0 Å². The summed E-state index contributed by atoms with van der Waals surface area (Å²) in [6, 6.07) is 9.44. The molecule has 0 aliphatic carbocycles. The molecule has 2 N–H and O–H groups in total. The molecule has 6 heteroatoms. The number of rotatable bonds is 7. The van der Waals surface area contributed by atoms with Gasteiger partial charge in [0.05, 0.1) is 6.61 Å². The van der Waals surface area contributed by atoms with Gasteiger partial charge in [-0.25, -0.2) is 0 Å². The number of nitrogens with zero attached hydrogens (tertiary/aromatic N) is 1. The van der Waals surface area contributed by atoms with Crippen molar-refractivity contribution in [2.75, 3.05) is 26.3 Å². The van der Waals surface area contributed by atoms with Crippen LogP contribution in [-0.4, -0.2) is 36.6 Å². The first-order valence-corrected chi connectivity index (χ1v) is 7.18. The Labute approximate surface area is 127 Å². The van der Waals surface area contributed by atoms with E-state index in [9.17, 15) is 0 Å². The minimum atomic E-state index is 0.130. The van der Waals surface area contributed by atoms with Gasteiger partial charge >= 0.3 is 0 Å². The summed E-state index contributed by atoms with van der Waals surface area (Å²) in [7, 11) is 0. The topological polar surface area (TPSA) is 80.7 Å². The van der Waals surface area contributed by atoms with Gasteiger partial charge in [-0.05, 0) is 31.2 Å². The number of aryl methyl sites for hydroxylation is 1. The molecule has 6 nitrogen and oxygen atoms in total. The smallest absolute Gasteiger partial charge is 0.157 e. The maximum absolute atomic E-state index is 8.67. The Morgan fingerprint density at radius 1 is 1.23 bits per heavy atom. The normalized spacial score (nSPS) is 11.2. The van der Waals surface area contributed by atoms with E-state index in [1.165, 1.54) is 0 Å². The SMILES string of the molecule is Cc1cc(-c2cc3cc(OCCNCCO)ccc3o2)no1. The van der Waals surface area contributed by atoms with E-state index in [0.717, 1.165) is 22.5 Å². The van der Waals surface area contributed by atoms with Crippen LogP contribution in [0.5, 0.6) is 5.75 Å². The number of hydrogen-bond acceptors (Lipinski definition) is 6. The van der Waals surface area contributed by atoms with E-state index in [0.29, 0.717) is 31.2 Å². The van der Waals surface area contributed by atoms with Crippen molar-refractivity contribution in [2.45, 2.75) is 6.92 Å². The summed E-state index contributed by atoms with van der Waals surface area (Å²) in [5, 5.41) is 16.6. The van der Waals surface area contributed by atoms with E-state index in [1.807, 2.05) is 37.3 Å². The van der Waals surface area contributed by atoms with E-state index in [-0.39, 0.29) is 6.61 Å². The van der Waals surface area contributed by atoms with Gasteiger partial charge in [-0.3, -0.25) is 0 Å². The fourth-order valence-electron chi connectivity index (χ4n) is 2.17. The highest BCUT2D eigenvalue weighted by atomic mass is 16.5. The number of aromatic nitrogens is 1. The second kappa shape index (κ2) is 6.64. The number of ether oxygens (including phenoxy) is 1. The highest BCUT2D eigenvalue weighted by Crippen LogP contribution is 2.29. The molecule has 0 spiro atoms. The van der Waals surface area contributed by atoms with Gasteiger partial charge in [-0.2, -0.15) is 0 Å². The minimum absolute atomic E-state index is 0.130. The Hall–Kier alpha value is -2.31. The molecule has 1 aromatic carbocycles. The van der Waals surface area contributed by atoms with Crippen molar-refractivity contribution in [3.63, 3.8) is 0 Å². The number of fused-ring (bicyclic) bond motifs is 1. The molecule has 22 heavy (non-hydrogen) atoms. The molecule has 0 aliphatic rings. The lowest BCUT2D eigenvalue weighted by molar-refractivity contribution is 0.276. The summed E-state index contributed by atoms with van der Waals surface area (Å²) >= 11 is 0. The van der Waals surface area contributed by atoms with Gasteiger partial charge in [0, 0.05) is 24.5 Å². The van der Waals surface area contributed by atoms with Crippen molar-refractivity contribution in [3.8, 4) is 17.2 Å². The highest BCUT2D eigenvalue weighted by Gasteiger charge is 2.10. The molecule has 2 aromatic heterocycles. The number of hydrogen-bond donors (Lipinski definition) is 2. The Kier molecular flexibility index (Phi) is 4.41. The fraction of sp³-hybridized carbons (Fsp3) is 0.312. The van der Waals surface area contributed by atoms with Crippen LogP contribution in [0.1, 0.15) is 5.76 Å². The lowest BCUT2D eigenvalue weighted by atomic mass is 10.2. The number of aliphatic hydroxyl groups is 1. The summed E-state index contributed by atoms with van der Waals surface area (Å²) in [5.41, 5.74) is 1.46. The number of benzene rings is 1. The van der Waals surface area contributed by atoms with Crippen molar-refractivity contribution in [1.29, 1.82) is 0 Å². The Bertz CT molecular complexity index is 748. The van der Waals surface area contributed by atoms with Crippen molar-refractivity contribution in [1.82, 2.24) is 10.5 Å². The zero-order chi connectivity index (χ0) is 15.4. The van der Waals surface area contributed by atoms with E-state index in [4.69, 9.17) is 18.8 Å². The summed E-state index contributed by atoms with van der Waals surface area (Å²) < 4.78 is 16.5. The first-order chi connectivity index (χ1) is 10.8. The number of aliphatic hydroxyl groups excluding tert-OH is 1. The zero-order valence-corrected chi connectivity index (χ0v) is 12.3. The molecule has 0 amide bonds. The van der Waals surface area contributed by atoms with E-state index in [1.54, 1.807) is 0 Å². The van der Waals surface area contributed by atoms with Crippen LogP contribution in [0.2, 0.25) is 0 Å². The molecule has 3 rings (SSSR count). The number of furan rings is 1. The average Bonchev–Trinajstić information content (AvgIpc) is 3.12. The molecule has 2 heterocycles. The molecule has 0 radical (unpaired) electrons. The Morgan fingerprint density at radius 3 is 2.91 bits per heavy atom. The van der Waals surface area contributed by atoms with Crippen LogP contribution in [0.4, 0.5) is 0 Å². The first-order valence-electron chi connectivity index (χ1n) is 7.18. The lowest BCUT2D eigenvalue weighted by Gasteiger charge is -2.06. The largest absolute Gasteiger partial charge is 0.492 e. The minimum Gasteiger partial charge on any atom is -0.492 e. The van der Waals surface area contributed by atoms with Crippen LogP contribution in [0.25, 0.3) is 22.4 Å². The standard InChI is InChI=1S/C16H18N2O4/c1-11-8-14(18-22-11)16-10-12-9-13(2-3-15(12)21-16)20-7-5-17-4-6-19/h2-3,8-10,17,19H,4-7H2,1H3. The summed E-state index contributed by atoms with van der Waals surface area (Å²) in [4.78, 5) is 0. The molecule has 0 bridgehead atoms. The van der Waals surface area contributed by atoms with Crippen molar-refractivity contribution in [2.24, 2.45) is 0 Å². The number of nitrogens with one attached hydrogen (secondary N) is 1. The van der Waals surface area contributed by atoms with Crippen molar-refractivity contribution >= 4 is 11.0 Å². The Morgan fingerprint density at radius 2 is 2.14 bits per heavy atom. The zero-order valence-electron chi connectivity index (χ0n) is 12.3.